The van der Waals surface area contributed by atoms with Gasteiger partial charge in [-0.25, -0.2) is 0 Å². The number of aliphatic hydroxyl groups is 2. The summed E-state index contributed by atoms with van der Waals surface area (Å²) >= 11 is 0. The van der Waals surface area contributed by atoms with E-state index in [0.717, 1.165) is 58.0 Å². The summed E-state index contributed by atoms with van der Waals surface area (Å²) in [5.74, 6) is 1.22. The maximum Gasteiger partial charge on any atom is 0.224 e. The molecule has 5 heteroatoms. The minimum atomic E-state index is -0.659. The number of rotatable bonds is 11. The van der Waals surface area contributed by atoms with Crippen LogP contribution < -0.4 is 0 Å². The molecule has 1 saturated carbocycles. The lowest BCUT2D eigenvalue weighted by Crippen LogP contribution is -2.36. The van der Waals surface area contributed by atoms with E-state index in [-0.39, 0.29) is 17.9 Å². The van der Waals surface area contributed by atoms with Crippen molar-refractivity contribution in [2.45, 2.75) is 89.8 Å². The Morgan fingerprint density at radius 3 is 2.84 bits per heavy atom. The van der Waals surface area contributed by atoms with Crippen molar-refractivity contribution in [3.63, 3.8) is 0 Å². The highest BCUT2D eigenvalue weighted by molar-refractivity contribution is 5.76. The van der Waals surface area contributed by atoms with Gasteiger partial charge >= 0.3 is 0 Å². The van der Waals surface area contributed by atoms with Gasteiger partial charge in [-0.1, -0.05) is 38.0 Å². The Morgan fingerprint density at radius 1 is 1.32 bits per heavy atom. The summed E-state index contributed by atoms with van der Waals surface area (Å²) in [6.07, 6.45) is 15.5. The van der Waals surface area contributed by atoms with E-state index < -0.39 is 5.60 Å². The van der Waals surface area contributed by atoms with E-state index in [1.165, 1.54) is 12.0 Å². The summed E-state index contributed by atoms with van der Waals surface area (Å²) in [6.45, 7) is 6.93. The van der Waals surface area contributed by atoms with Crippen molar-refractivity contribution in [3.05, 3.63) is 23.8 Å². The Bertz CT molecular complexity index is 635. The Kier molecular flexibility index (Phi) is 9.18. The SMILES string of the molecule is CCCC[C@](C)(O)CC=C[C@@H]1[C@H]2CC(COCCC(=O)N3CCCCC3)=C[C@H]2C[C@H]1O. The third-order valence-electron chi connectivity index (χ3n) is 7.39. The van der Waals surface area contributed by atoms with Gasteiger partial charge < -0.3 is 19.8 Å². The van der Waals surface area contributed by atoms with E-state index >= 15 is 0 Å². The Labute approximate surface area is 188 Å². The number of nitrogens with zero attached hydrogens (tertiary/aromatic N) is 1. The molecule has 31 heavy (non-hydrogen) atoms. The topological polar surface area (TPSA) is 70.0 Å². The van der Waals surface area contributed by atoms with Crippen LogP contribution in [0.25, 0.3) is 0 Å². The molecule has 0 aromatic rings. The Hall–Kier alpha value is -1.17. The summed E-state index contributed by atoms with van der Waals surface area (Å²) in [5.41, 5.74) is 0.647. The van der Waals surface area contributed by atoms with E-state index in [4.69, 9.17) is 4.74 Å². The smallest absolute Gasteiger partial charge is 0.224 e. The van der Waals surface area contributed by atoms with Gasteiger partial charge in [0.05, 0.1) is 31.3 Å². The number of hydrogen-bond acceptors (Lipinski definition) is 4. The summed E-state index contributed by atoms with van der Waals surface area (Å²) in [4.78, 5) is 14.2. The van der Waals surface area contributed by atoms with Gasteiger partial charge in [-0.05, 0) is 69.3 Å². The highest BCUT2D eigenvalue weighted by Gasteiger charge is 2.43. The number of carbonyl (C=O) groups is 1. The predicted octanol–water partition coefficient (Wildman–Crippen LogP) is 4.24. The first-order valence-corrected chi connectivity index (χ1v) is 12.5. The van der Waals surface area contributed by atoms with Crippen LogP contribution in [0.4, 0.5) is 0 Å². The number of amides is 1. The molecule has 3 rings (SSSR count). The number of piperidine rings is 1. The summed E-state index contributed by atoms with van der Waals surface area (Å²) in [6, 6.07) is 0. The van der Waals surface area contributed by atoms with Gasteiger partial charge in [0.15, 0.2) is 0 Å². The minimum Gasteiger partial charge on any atom is -0.392 e. The number of allylic oxidation sites excluding steroid dienone is 1. The number of ether oxygens (including phenoxy) is 1. The number of hydrogen-bond donors (Lipinski definition) is 2. The van der Waals surface area contributed by atoms with Crippen LogP contribution in [-0.4, -0.2) is 59.0 Å². The molecule has 3 aliphatic rings. The zero-order valence-electron chi connectivity index (χ0n) is 19.6. The number of aliphatic hydroxyl groups excluding tert-OH is 1. The molecule has 0 radical (unpaired) electrons. The third-order valence-corrected chi connectivity index (χ3v) is 7.39. The van der Waals surface area contributed by atoms with Crippen LogP contribution in [0.2, 0.25) is 0 Å². The molecule has 1 amide bonds. The molecule has 0 unspecified atom stereocenters. The molecule has 1 saturated heterocycles. The van der Waals surface area contributed by atoms with Gasteiger partial charge in [0.2, 0.25) is 5.91 Å². The molecule has 1 heterocycles. The van der Waals surface area contributed by atoms with Crippen molar-refractivity contribution in [1.29, 1.82) is 0 Å². The Morgan fingerprint density at radius 2 is 2.10 bits per heavy atom. The minimum absolute atomic E-state index is 0.154. The molecule has 2 fully saturated rings. The lowest BCUT2D eigenvalue weighted by Gasteiger charge is -2.26. The molecule has 5 nitrogen and oxygen atoms in total. The molecule has 5 atom stereocenters. The number of fused-ring (bicyclic) bond motifs is 1. The fourth-order valence-corrected chi connectivity index (χ4v) is 5.52. The third kappa shape index (κ3) is 7.16. The van der Waals surface area contributed by atoms with E-state index in [9.17, 15) is 15.0 Å². The van der Waals surface area contributed by atoms with Gasteiger partial charge in [0.25, 0.3) is 0 Å². The zero-order valence-corrected chi connectivity index (χ0v) is 19.6. The first-order valence-electron chi connectivity index (χ1n) is 12.5. The van der Waals surface area contributed by atoms with Crippen LogP contribution in [0.5, 0.6) is 0 Å². The quantitative estimate of drug-likeness (QED) is 0.378. The second-order valence-electron chi connectivity index (χ2n) is 10.2. The van der Waals surface area contributed by atoms with Crippen molar-refractivity contribution in [2.24, 2.45) is 17.8 Å². The van der Waals surface area contributed by atoms with Crippen LogP contribution in [0.1, 0.15) is 78.1 Å². The molecule has 0 spiro atoms. The highest BCUT2D eigenvalue weighted by atomic mass is 16.5. The van der Waals surface area contributed by atoms with E-state index in [0.29, 0.717) is 37.9 Å². The van der Waals surface area contributed by atoms with Crippen molar-refractivity contribution in [1.82, 2.24) is 4.90 Å². The predicted molar refractivity (Wildman–Crippen MR) is 124 cm³/mol. The number of unbranched alkanes of at least 4 members (excludes halogenated alkanes) is 1. The van der Waals surface area contributed by atoms with Crippen molar-refractivity contribution >= 4 is 5.91 Å². The maximum absolute atomic E-state index is 12.2. The van der Waals surface area contributed by atoms with Crippen LogP contribution >= 0.6 is 0 Å². The first kappa shape index (κ1) is 24.5. The van der Waals surface area contributed by atoms with Crippen molar-refractivity contribution in [3.8, 4) is 0 Å². The second kappa shape index (κ2) is 11.6. The molecular formula is C26H43NO4. The first-order chi connectivity index (χ1) is 14.9. The van der Waals surface area contributed by atoms with Gasteiger partial charge in [0, 0.05) is 19.0 Å². The monoisotopic (exact) mass is 433 g/mol. The van der Waals surface area contributed by atoms with Gasteiger partial charge in [0.1, 0.15) is 0 Å². The van der Waals surface area contributed by atoms with Crippen LogP contribution in [0.3, 0.4) is 0 Å². The van der Waals surface area contributed by atoms with E-state index in [1.807, 2.05) is 11.8 Å². The lowest BCUT2D eigenvalue weighted by atomic mass is 9.88. The maximum atomic E-state index is 12.2. The molecule has 1 aliphatic heterocycles. The number of carbonyl (C=O) groups excluding carboxylic acids is 1. The molecule has 0 aromatic heterocycles. The highest BCUT2D eigenvalue weighted by Crippen LogP contribution is 2.47. The molecule has 176 valence electrons. The summed E-state index contributed by atoms with van der Waals surface area (Å²) < 4.78 is 5.84. The van der Waals surface area contributed by atoms with Gasteiger partial charge in [-0.2, -0.15) is 0 Å². The molecule has 0 bridgehead atoms. The molecule has 2 N–H and O–H groups in total. The fourth-order valence-electron chi connectivity index (χ4n) is 5.52. The van der Waals surface area contributed by atoms with E-state index in [1.54, 1.807) is 0 Å². The average molecular weight is 434 g/mol. The van der Waals surface area contributed by atoms with Crippen LogP contribution in [-0.2, 0) is 9.53 Å². The normalized spacial score (nSPS) is 30.5. The molecular weight excluding hydrogens is 390 g/mol. The largest absolute Gasteiger partial charge is 0.392 e. The summed E-state index contributed by atoms with van der Waals surface area (Å²) in [5, 5.41) is 21.0. The Balaban J connectivity index is 1.39. The van der Waals surface area contributed by atoms with Gasteiger partial charge in [-0.3, -0.25) is 4.79 Å². The average Bonchev–Trinajstić information content (AvgIpc) is 3.27. The van der Waals surface area contributed by atoms with Gasteiger partial charge in [-0.15, -0.1) is 0 Å². The lowest BCUT2D eigenvalue weighted by molar-refractivity contribution is -0.133. The number of likely N-dealkylation sites (tertiary alicyclic amines) is 1. The molecule has 0 aromatic carbocycles. The zero-order chi connectivity index (χ0) is 22.3. The van der Waals surface area contributed by atoms with Crippen LogP contribution in [0, 0.1) is 17.8 Å². The standard InChI is InChI=1S/C26H43NO4/c1-3-4-11-26(2,30)12-8-9-22-23-17-20(16-21(23)18-24(22)28)19-31-15-10-25(29)27-13-6-5-7-14-27/h8-9,16,21-24,28,30H,3-7,10-15,17-19H2,1-2H3/t21-,22+,23-,24+,26-/m0/s1. The van der Waals surface area contributed by atoms with Crippen molar-refractivity contribution in [2.75, 3.05) is 26.3 Å². The second-order valence-corrected chi connectivity index (χ2v) is 10.2. The van der Waals surface area contributed by atoms with E-state index in [2.05, 4.69) is 25.2 Å². The summed E-state index contributed by atoms with van der Waals surface area (Å²) in [7, 11) is 0. The van der Waals surface area contributed by atoms with Crippen LogP contribution in [0.15, 0.2) is 23.8 Å². The van der Waals surface area contributed by atoms with Crippen molar-refractivity contribution < 1.29 is 19.7 Å². The molecule has 2 aliphatic carbocycles. The fraction of sp³-hybridized carbons (Fsp3) is 0.808.